The molecular weight excluding hydrogens is 461 g/mol. The fourth-order valence-electron chi connectivity index (χ4n) is 4.61. The second-order valence-electron chi connectivity index (χ2n) is 8.72. The summed E-state index contributed by atoms with van der Waals surface area (Å²) in [6.07, 6.45) is -0.840. The number of carbonyl (C=O) groups is 3. The van der Waals surface area contributed by atoms with Gasteiger partial charge in [0.25, 0.3) is 0 Å². The van der Waals surface area contributed by atoms with Gasteiger partial charge in [0.15, 0.2) is 0 Å². The molecule has 3 aromatic rings. The molecule has 0 saturated heterocycles. The average Bonchev–Trinajstić information content (AvgIpc) is 3.18. The van der Waals surface area contributed by atoms with Gasteiger partial charge in [0.05, 0.1) is 6.61 Å². The molecule has 1 atom stereocenters. The number of carbonyl (C=O) groups excluding carboxylic acids is 3. The zero-order chi connectivity index (χ0) is 25.5. The van der Waals surface area contributed by atoms with Crippen LogP contribution in [0.5, 0.6) is 0 Å². The maximum absolute atomic E-state index is 13.3. The Hall–Kier alpha value is -4.00. The number of ether oxygens (including phenoxy) is 2. The van der Waals surface area contributed by atoms with Gasteiger partial charge >= 0.3 is 12.1 Å². The molecule has 1 aliphatic carbocycles. The molecule has 0 spiro atoms. The summed E-state index contributed by atoms with van der Waals surface area (Å²) in [4.78, 5) is 36.9. The Kier molecular flexibility index (Phi) is 8.10. The quantitative estimate of drug-likeness (QED) is 0.313. The topological polar surface area (TPSA) is 81.7 Å². The van der Waals surface area contributed by atoms with Crippen LogP contribution in [0.25, 0.3) is 11.1 Å². The van der Waals surface area contributed by atoms with Crippen LogP contribution < -0.4 is 5.32 Å². The van der Waals surface area contributed by atoms with E-state index in [-0.39, 0.29) is 50.0 Å². The summed E-state index contributed by atoms with van der Waals surface area (Å²) in [5.41, 5.74) is 5.18. The zero-order valence-electron chi connectivity index (χ0n) is 20.0. The van der Waals surface area contributed by atoms with E-state index >= 15 is 0 Å². The highest BCUT2D eigenvalue weighted by atomic mass is 19.1. The number of rotatable bonds is 10. The van der Waals surface area contributed by atoms with Gasteiger partial charge in [-0.1, -0.05) is 60.7 Å². The molecule has 1 N–H and O–H groups in total. The molecule has 36 heavy (non-hydrogen) atoms. The second kappa shape index (κ2) is 11.6. The monoisotopic (exact) mass is 489 g/mol. The number of hydrogen-bond acceptors (Lipinski definition) is 5. The van der Waals surface area contributed by atoms with E-state index < -0.39 is 18.1 Å². The number of fused-ring (bicyclic) bond motifs is 3. The first-order valence-electron chi connectivity index (χ1n) is 12.0. The number of nitrogens with one attached hydrogen (secondary N) is 1. The summed E-state index contributed by atoms with van der Waals surface area (Å²) in [6, 6.07) is 21.3. The van der Waals surface area contributed by atoms with E-state index in [1.807, 2.05) is 36.4 Å². The molecule has 4 rings (SSSR count). The Bertz CT molecular complexity index is 1190. The van der Waals surface area contributed by atoms with E-state index in [1.165, 1.54) is 12.1 Å². The lowest BCUT2D eigenvalue weighted by molar-refractivity contribution is -0.145. The first kappa shape index (κ1) is 25.1. The third-order valence-electron chi connectivity index (χ3n) is 6.18. The molecular formula is C29H28FNO5. The molecule has 0 heterocycles. The summed E-state index contributed by atoms with van der Waals surface area (Å²) < 4.78 is 23.8. The Morgan fingerprint density at radius 2 is 1.50 bits per heavy atom. The molecule has 7 heteroatoms. The molecule has 0 aliphatic heterocycles. The number of hydrogen-bond donors (Lipinski definition) is 1. The smallest absolute Gasteiger partial charge is 0.407 e. The number of alkyl carbamates (subject to hydrolysis) is 1. The molecule has 3 aromatic carbocycles. The van der Waals surface area contributed by atoms with E-state index in [0.29, 0.717) is 0 Å². The van der Waals surface area contributed by atoms with Gasteiger partial charge in [0.1, 0.15) is 24.6 Å². The van der Waals surface area contributed by atoms with Crippen molar-refractivity contribution in [1.82, 2.24) is 5.32 Å². The van der Waals surface area contributed by atoms with E-state index in [1.54, 1.807) is 19.1 Å². The Morgan fingerprint density at radius 1 is 0.889 bits per heavy atom. The van der Waals surface area contributed by atoms with Crippen molar-refractivity contribution < 1.29 is 28.2 Å². The number of benzene rings is 3. The molecule has 0 unspecified atom stereocenters. The number of Topliss-reactive ketones (excluding diaryl/α,β-unsaturated/α-hetero) is 1. The SMILES string of the molecule is CCOC(=O)CC(=O)C[C@@H](Cc1ccc(F)cc1)NC(=O)OCC1c2ccccc2-c2ccccc21. The minimum absolute atomic E-state index is 0.0830. The molecule has 0 saturated carbocycles. The standard InChI is InChI=1S/C29H28FNO5/c1-2-35-28(33)17-22(32)16-21(15-19-11-13-20(30)14-12-19)31-29(34)36-18-27-25-9-5-3-7-23(25)24-8-4-6-10-26(24)27/h3-14,21,27H,2,15-18H2,1H3,(H,31,34)/t21-/m1/s1. The first-order chi connectivity index (χ1) is 17.4. The summed E-state index contributed by atoms with van der Waals surface area (Å²) in [6.45, 7) is 1.99. The van der Waals surface area contributed by atoms with Crippen molar-refractivity contribution in [3.8, 4) is 11.1 Å². The largest absolute Gasteiger partial charge is 0.466 e. The van der Waals surface area contributed by atoms with Gasteiger partial charge in [-0.2, -0.15) is 0 Å². The lowest BCUT2D eigenvalue weighted by Crippen LogP contribution is -2.39. The van der Waals surface area contributed by atoms with Crippen molar-refractivity contribution >= 4 is 17.8 Å². The molecule has 6 nitrogen and oxygen atoms in total. The van der Waals surface area contributed by atoms with Crippen molar-refractivity contribution in [1.29, 1.82) is 0 Å². The van der Waals surface area contributed by atoms with E-state index in [0.717, 1.165) is 27.8 Å². The number of amides is 1. The number of ketones is 1. The van der Waals surface area contributed by atoms with E-state index in [9.17, 15) is 18.8 Å². The Morgan fingerprint density at radius 3 is 2.11 bits per heavy atom. The number of esters is 1. The van der Waals surface area contributed by atoms with E-state index in [2.05, 4.69) is 17.4 Å². The van der Waals surface area contributed by atoms with Gasteiger partial charge in [-0.25, -0.2) is 9.18 Å². The second-order valence-corrected chi connectivity index (χ2v) is 8.72. The van der Waals surface area contributed by atoms with Gasteiger partial charge < -0.3 is 14.8 Å². The van der Waals surface area contributed by atoms with Gasteiger partial charge in [-0.05, 0) is 53.3 Å². The lowest BCUT2D eigenvalue weighted by atomic mass is 9.98. The van der Waals surface area contributed by atoms with Gasteiger partial charge in [-0.3, -0.25) is 9.59 Å². The summed E-state index contributed by atoms with van der Waals surface area (Å²) >= 11 is 0. The predicted octanol–water partition coefficient (Wildman–Crippen LogP) is 5.19. The zero-order valence-corrected chi connectivity index (χ0v) is 20.0. The van der Waals surface area contributed by atoms with Crippen LogP contribution in [-0.2, 0) is 25.5 Å². The molecule has 0 bridgehead atoms. The fourth-order valence-corrected chi connectivity index (χ4v) is 4.61. The van der Waals surface area contributed by atoms with Gasteiger partial charge in [-0.15, -0.1) is 0 Å². The first-order valence-corrected chi connectivity index (χ1v) is 12.0. The maximum atomic E-state index is 13.3. The highest BCUT2D eigenvalue weighted by molar-refractivity contribution is 5.96. The highest BCUT2D eigenvalue weighted by Gasteiger charge is 2.29. The maximum Gasteiger partial charge on any atom is 0.407 e. The van der Waals surface area contributed by atoms with Crippen molar-refractivity contribution in [3.63, 3.8) is 0 Å². The third kappa shape index (κ3) is 6.16. The predicted molar refractivity (Wildman–Crippen MR) is 133 cm³/mol. The van der Waals surface area contributed by atoms with Crippen LogP contribution in [0.2, 0.25) is 0 Å². The normalized spacial score (nSPS) is 12.8. The molecule has 186 valence electrons. The fraction of sp³-hybridized carbons (Fsp3) is 0.276. The average molecular weight is 490 g/mol. The van der Waals surface area contributed by atoms with Crippen LogP contribution in [0.15, 0.2) is 72.8 Å². The minimum atomic E-state index is -0.659. The molecule has 0 aromatic heterocycles. The number of halogens is 1. The highest BCUT2D eigenvalue weighted by Crippen LogP contribution is 2.44. The van der Waals surface area contributed by atoms with Crippen LogP contribution in [-0.4, -0.2) is 37.1 Å². The van der Waals surface area contributed by atoms with Crippen molar-refractivity contribution in [2.45, 2.75) is 38.1 Å². The Labute approximate surface area is 209 Å². The van der Waals surface area contributed by atoms with Gasteiger partial charge in [0, 0.05) is 18.4 Å². The van der Waals surface area contributed by atoms with Crippen LogP contribution in [0.1, 0.15) is 42.4 Å². The molecule has 1 aliphatic rings. The third-order valence-corrected chi connectivity index (χ3v) is 6.18. The molecule has 1 amide bonds. The lowest BCUT2D eigenvalue weighted by Gasteiger charge is -2.20. The van der Waals surface area contributed by atoms with Crippen LogP contribution in [0.3, 0.4) is 0 Å². The van der Waals surface area contributed by atoms with Crippen molar-refractivity contribution in [2.75, 3.05) is 13.2 Å². The summed E-state index contributed by atoms with van der Waals surface area (Å²) in [7, 11) is 0. The molecule has 0 fully saturated rings. The Balaban J connectivity index is 1.42. The minimum Gasteiger partial charge on any atom is -0.466 e. The van der Waals surface area contributed by atoms with Crippen LogP contribution in [0, 0.1) is 5.82 Å². The van der Waals surface area contributed by atoms with Crippen LogP contribution >= 0.6 is 0 Å². The van der Waals surface area contributed by atoms with Crippen molar-refractivity contribution in [3.05, 3.63) is 95.3 Å². The molecule has 0 radical (unpaired) electrons. The van der Waals surface area contributed by atoms with Crippen LogP contribution in [0.4, 0.5) is 9.18 Å². The van der Waals surface area contributed by atoms with Gasteiger partial charge in [0.2, 0.25) is 0 Å². The summed E-state index contributed by atoms with van der Waals surface area (Å²) in [5.74, 6) is -1.44. The van der Waals surface area contributed by atoms with Crippen molar-refractivity contribution in [2.24, 2.45) is 0 Å². The summed E-state index contributed by atoms with van der Waals surface area (Å²) in [5, 5.41) is 2.76. The van der Waals surface area contributed by atoms with E-state index in [4.69, 9.17) is 9.47 Å².